The lowest BCUT2D eigenvalue weighted by Gasteiger charge is -2.05. The van der Waals surface area contributed by atoms with Crippen LogP contribution in [0, 0.1) is 11.3 Å². The third-order valence-electron chi connectivity index (χ3n) is 2.17. The van der Waals surface area contributed by atoms with E-state index in [4.69, 9.17) is 5.26 Å². The first-order valence-corrected chi connectivity index (χ1v) is 5.95. The Kier molecular flexibility index (Phi) is 6.06. The maximum absolute atomic E-state index is 8.36. The molecule has 0 atom stereocenters. The summed E-state index contributed by atoms with van der Waals surface area (Å²) in [5.41, 5.74) is 1.28. The molecular weight excluding hydrogens is 252 g/mol. The molecule has 0 saturated heterocycles. The van der Waals surface area contributed by atoms with E-state index in [1.165, 1.54) is 5.56 Å². The fourth-order valence-electron chi connectivity index (χ4n) is 1.32. The van der Waals surface area contributed by atoms with Gasteiger partial charge in [-0.25, -0.2) is 0 Å². The summed E-state index contributed by atoms with van der Waals surface area (Å²) in [6.07, 6.45) is 2.72. The zero-order chi connectivity index (χ0) is 10.9. The summed E-state index contributed by atoms with van der Waals surface area (Å²) in [6.45, 7) is 1.86. The van der Waals surface area contributed by atoms with Crippen LogP contribution in [0.4, 0.5) is 0 Å². The van der Waals surface area contributed by atoms with Crippen molar-refractivity contribution in [1.29, 1.82) is 5.26 Å². The molecule has 2 nitrogen and oxygen atoms in total. The largest absolute Gasteiger partial charge is 0.313 e. The Morgan fingerprint density at radius 2 is 2.07 bits per heavy atom. The first-order chi connectivity index (χ1) is 7.34. The summed E-state index contributed by atoms with van der Waals surface area (Å²) in [7, 11) is 0. The number of hydrogen-bond acceptors (Lipinski definition) is 2. The van der Waals surface area contributed by atoms with E-state index in [-0.39, 0.29) is 0 Å². The lowest BCUT2D eigenvalue weighted by atomic mass is 10.2. The minimum Gasteiger partial charge on any atom is -0.313 e. The van der Waals surface area contributed by atoms with Gasteiger partial charge in [0.25, 0.3) is 0 Å². The topological polar surface area (TPSA) is 35.8 Å². The van der Waals surface area contributed by atoms with Crippen LogP contribution in [0.5, 0.6) is 0 Å². The van der Waals surface area contributed by atoms with Crippen molar-refractivity contribution in [1.82, 2.24) is 5.32 Å². The molecule has 1 rings (SSSR count). The van der Waals surface area contributed by atoms with Gasteiger partial charge in [0.15, 0.2) is 0 Å². The molecule has 0 heterocycles. The molecule has 0 aliphatic heterocycles. The summed E-state index contributed by atoms with van der Waals surface area (Å²) in [4.78, 5) is 0. The van der Waals surface area contributed by atoms with Crippen molar-refractivity contribution in [3.8, 4) is 6.07 Å². The number of halogens is 1. The summed E-state index contributed by atoms with van der Waals surface area (Å²) < 4.78 is 1.15. The van der Waals surface area contributed by atoms with E-state index in [0.29, 0.717) is 6.42 Å². The van der Waals surface area contributed by atoms with Gasteiger partial charge >= 0.3 is 0 Å². The summed E-state index contributed by atoms with van der Waals surface area (Å²) >= 11 is 3.51. The maximum Gasteiger partial charge on any atom is 0.0621 e. The number of nitrogens with zero attached hydrogens (tertiary/aromatic N) is 1. The quantitative estimate of drug-likeness (QED) is 0.803. The van der Waals surface area contributed by atoms with Crippen LogP contribution in [0.3, 0.4) is 0 Å². The average Bonchev–Trinajstić information content (AvgIpc) is 2.25. The Bertz CT molecular complexity index is 331. The number of rotatable bonds is 6. The van der Waals surface area contributed by atoms with Crippen LogP contribution >= 0.6 is 15.9 Å². The zero-order valence-electron chi connectivity index (χ0n) is 8.67. The Labute approximate surface area is 99.4 Å². The van der Waals surface area contributed by atoms with E-state index in [2.05, 4.69) is 33.4 Å². The van der Waals surface area contributed by atoms with Crippen LogP contribution in [-0.2, 0) is 6.54 Å². The SMILES string of the molecule is N#CCCCCNCc1ccccc1Br. The molecule has 3 heteroatoms. The van der Waals surface area contributed by atoms with Crippen molar-refractivity contribution >= 4 is 15.9 Å². The molecule has 0 aliphatic carbocycles. The lowest BCUT2D eigenvalue weighted by Crippen LogP contribution is -2.14. The molecule has 0 spiro atoms. The van der Waals surface area contributed by atoms with Gasteiger partial charge in [-0.2, -0.15) is 5.26 Å². The molecule has 1 aromatic rings. The van der Waals surface area contributed by atoms with Gasteiger partial charge in [0.2, 0.25) is 0 Å². The predicted octanol–water partition coefficient (Wildman–Crippen LogP) is 3.23. The summed E-state index contributed by atoms with van der Waals surface area (Å²) in [5.74, 6) is 0. The van der Waals surface area contributed by atoms with Gasteiger partial charge in [0.05, 0.1) is 6.07 Å². The monoisotopic (exact) mass is 266 g/mol. The molecular formula is C12H15BrN2. The number of nitriles is 1. The van der Waals surface area contributed by atoms with Crippen molar-refractivity contribution in [2.24, 2.45) is 0 Å². The fraction of sp³-hybridized carbons (Fsp3) is 0.417. The highest BCUT2D eigenvalue weighted by molar-refractivity contribution is 9.10. The zero-order valence-corrected chi connectivity index (χ0v) is 10.3. The van der Waals surface area contributed by atoms with E-state index in [1.807, 2.05) is 18.2 Å². The van der Waals surface area contributed by atoms with Gasteiger partial charge in [-0.3, -0.25) is 0 Å². The minimum atomic E-state index is 0.663. The Hall–Kier alpha value is -0.850. The van der Waals surface area contributed by atoms with Crippen molar-refractivity contribution in [2.45, 2.75) is 25.8 Å². The summed E-state index contributed by atoms with van der Waals surface area (Å²) in [6, 6.07) is 10.4. The molecule has 0 aromatic heterocycles. The van der Waals surface area contributed by atoms with Gasteiger partial charge < -0.3 is 5.32 Å². The van der Waals surface area contributed by atoms with E-state index in [1.54, 1.807) is 0 Å². The van der Waals surface area contributed by atoms with Crippen LogP contribution in [0.2, 0.25) is 0 Å². The van der Waals surface area contributed by atoms with E-state index in [0.717, 1.165) is 30.4 Å². The highest BCUT2D eigenvalue weighted by Crippen LogP contribution is 2.15. The predicted molar refractivity (Wildman–Crippen MR) is 65.3 cm³/mol. The third-order valence-corrected chi connectivity index (χ3v) is 2.94. The Balaban J connectivity index is 2.16. The molecule has 1 N–H and O–H groups in total. The summed E-state index contributed by atoms with van der Waals surface area (Å²) in [5, 5.41) is 11.7. The van der Waals surface area contributed by atoms with Crippen LogP contribution in [0.1, 0.15) is 24.8 Å². The normalized spacial score (nSPS) is 9.87. The average molecular weight is 267 g/mol. The molecule has 0 saturated carbocycles. The molecule has 0 aliphatic rings. The molecule has 0 radical (unpaired) electrons. The smallest absolute Gasteiger partial charge is 0.0621 e. The number of benzene rings is 1. The van der Waals surface area contributed by atoms with Crippen molar-refractivity contribution in [3.05, 3.63) is 34.3 Å². The molecule has 0 unspecified atom stereocenters. The molecule has 0 amide bonds. The highest BCUT2D eigenvalue weighted by Gasteiger charge is 1.96. The number of hydrogen-bond donors (Lipinski definition) is 1. The van der Waals surface area contributed by atoms with Crippen LogP contribution < -0.4 is 5.32 Å². The van der Waals surface area contributed by atoms with E-state index >= 15 is 0 Å². The highest BCUT2D eigenvalue weighted by atomic mass is 79.9. The lowest BCUT2D eigenvalue weighted by molar-refractivity contribution is 0.628. The molecule has 1 aromatic carbocycles. The molecule has 0 bridgehead atoms. The minimum absolute atomic E-state index is 0.663. The van der Waals surface area contributed by atoms with Crippen molar-refractivity contribution < 1.29 is 0 Å². The van der Waals surface area contributed by atoms with Crippen LogP contribution in [0.15, 0.2) is 28.7 Å². The van der Waals surface area contributed by atoms with Gasteiger partial charge in [-0.05, 0) is 31.0 Å². The van der Waals surface area contributed by atoms with Crippen LogP contribution in [0.25, 0.3) is 0 Å². The fourth-order valence-corrected chi connectivity index (χ4v) is 1.74. The van der Waals surface area contributed by atoms with E-state index in [9.17, 15) is 0 Å². The maximum atomic E-state index is 8.36. The Morgan fingerprint density at radius 3 is 2.80 bits per heavy atom. The van der Waals surface area contributed by atoms with Crippen LogP contribution in [-0.4, -0.2) is 6.54 Å². The van der Waals surface area contributed by atoms with Gasteiger partial charge in [-0.15, -0.1) is 0 Å². The molecule has 15 heavy (non-hydrogen) atoms. The second-order valence-corrected chi connectivity index (χ2v) is 4.24. The molecule has 0 fully saturated rings. The van der Waals surface area contributed by atoms with Gasteiger partial charge in [0.1, 0.15) is 0 Å². The van der Waals surface area contributed by atoms with E-state index < -0.39 is 0 Å². The second-order valence-electron chi connectivity index (χ2n) is 3.38. The molecule has 80 valence electrons. The first-order valence-electron chi connectivity index (χ1n) is 5.15. The number of nitrogens with one attached hydrogen (secondary N) is 1. The Morgan fingerprint density at radius 1 is 1.27 bits per heavy atom. The number of unbranched alkanes of at least 4 members (excludes halogenated alkanes) is 2. The second kappa shape index (κ2) is 7.44. The van der Waals surface area contributed by atoms with Gasteiger partial charge in [-0.1, -0.05) is 34.1 Å². The first kappa shape index (κ1) is 12.2. The third kappa shape index (κ3) is 4.96. The van der Waals surface area contributed by atoms with Crippen molar-refractivity contribution in [2.75, 3.05) is 6.54 Å². The van der Waals surface area contributed by atoms with Crippen molar-refractivity contribution in [3.63, 3.8) is 0 Å². The standard InChI is InChI=1S/C12H15BrN2/c13-12-7-3-2-6-11(12)10-15-9-5-1-4-8-14/h2-3,6-7,15H,1,4-5,9-10H2. The van der Waals surface area contributed by atoms with Gasteiger partial charge in [0, 0.05) is 17.4 Å².